The lowest BCUT2D eigenvalue weighted by molar-refractivity contribution is -0.385. The van der Waals surface area contributed by atoms with Gasteiger partial charge in [-0.05, 0) is 63.9 Å². The molecule has 0 aliphatic carbocycles. The van der Waals surface area contributed by atoms with Gasteiger partial charge in [-0.3, -0.25) is 14.9 Å². The number of sulfonamides is 1. The lowest BCUT2D eigenvalue weighted by Gasteiger charge is -2.21. The monoisotopic (exact) mass is 547 g/mol. The van der Waals surface area contributed by atoms with Gasteiger partial charge in [-0.15, -0.1) is 0 Å². The van der Waals surface area contributed by atoms with Crippen LogP contribution in [0.1, 0.15) is 50.7 Å². The molecule has 0 aliphatic rings. The van der Waals surface area contributed by atoms with Crippen LogP contribution < -0.4 is 14.8 Å². The van der Waals surface area contributed by atoms with E-state index in [1.165, 1.54) is 28.9 Å². The Balaban J connectivity index is 2.19. The summed E-state index contributed by atoms with van der Waals surface area (Å²) in [7, 11) is -4.29. The SMILES string of the molecule is Cc1c(C(=O)NCC(C)C)nn(-c2ccc(F)cc2)c1Oc1ccc([N+](=O)[O-])cc1S(=O)(=O)NC(C)(C)C. The van der Waals surface area contributed by atoms with Gasteiger partial charge in [0, 0.05) is 29.8 Å². The van der Waals surface area contributed by atoms with E-state index in [4.69, 9.17) is 4.74 Å². The predicted molar refractivity (Wildman–Crippen MR) is 139 cm³/mol. The normalized spacial score (nSPS) is 12.0. The summed E-state index contributed by atoms with van der Waals surface area (Å²) in [6.07, 6.45) is 0. The summed E-state index contributed by atoms with van der Waals surface area (Å²) in [6, 6.07) is 8.39. The van der Waals surface area contributed by atoms with Crippen LogP contribution in [0.15, 0.2) is 47.4 Å². The highest BCUT2D eigenvalue weighted by atomic mass is 32.2. The van der Waals surface area contributed by atoms with Crippen molar-refractivity contribution in [1.29, 1.82) is 0 Å². The van der Waals surface area contributed by atoms with E-state index in [0.29, 0.717) is 12.2 Å². The third-order valence-corrected chi connectivity index (χ3v) is 6.88. The third-order valence-electron chi connectivity index (χ3n) is 5.10. The number of aromatic nitrogens is 2. The molecule has 0 fully saturated rings. The van der Waals surface area contributed by atoms with E-state index in [0.717, 1.165) is 18.2 Å². The molecule has 204 valence electrons. The molecule has 1 heterocycles. The van der Waals surface area contributed by atoms with Gasteiger partial charge in [-0.1, -0.05) is 13.8 Å². The van der Waals surface area contributed by atoms with E-state index in [-0.39, 0.29) is 28.8 Å². The third kappa shape index (κ3) is 6.72. The first-order valence-corrected chi connectivity index (χ1v) is 13.2. The molecular formula is C25H30FN5O6S. The Bertz CT molecular complexity index is 1460. The molecule has 2 aromatic carbocycles. The minimum Gasteiger partial charge on any atom is -0.437 e. The summed E-state index contributed by atoms with van der Waals surface area (Å²) in [4.78, 5) is 23.1. The van der Waals surface area contributed by atoms with Crippen molar-refractivity contribution in [3.8, 4) is 17.3 Å². The number of ether oxygens (including phenoxy) is 1. The molecule has 0 atom stereocenters. The van der Waals surface area contributed by atoms with Crippen LogP contribution in [0.3, 0.4) is 0 Å². The van der Waals surface area contributed by atoms with Crippen LogP contribution in [0.5, 0.6) is 11.6 Å². The first-order valence-electron chi connectivity index (χ1n) is 11.7. The molecule has 0 radical (unpaired) electrons. The molecule has 0 bridgehead atoms. The van der Waals surface area contributed by atoms with Crippen LogP contribution >= 0.6 is 0 Å². The number of benzene rings is 2. The number of nitro benzene ring substituents is 1. The Labute approximate surface area is 220 Å². The number of non-ortho nitro benzene ring substituents is 1. The molecule has 0 aliphatic heterocycles. The largest absolute Gasteiger partial charge is 0.437 e. The van der Waals surface area contributed by atoms with Crippen molar-refractivity contribution in [1.82, 2.24) is 19.8 Å². The highest BCUT2D eigenvalue weighted by Gasteiger charge is 2.30. The summed E-state index contributed by atoms with van der Waals surface area (Å²) in [6.45, 7) is 10.7. The number of nitro groups is 1. The highest BCUT2D eigenvalue weighted by Crippen LogP contribution is 2.36. The van der Waals surface area contributed by atoms with Gasteiger partial charge in [0.05, 0.1) is 10.6 Å². The van der Waals surface area contributed by atoms with Gasteiger partial charge in [0.1, 0.15) is 16.5 Å². The van der Waals surface area contributed by atoms with Gasteiger partial charge in [-0.25, -0.2) is 17.5 Å². The van der Waals surface area contributed by atoms with Crippen LogP contribution in [0.4, 0.5) is 10.1 Å². The number of nitrogens with zero attached hydrogens (tertiary/aromatic N) is 3. The second kappa shape index (κ2) is 10.9. The molecule has 2 N–H and O–H groups in total. The molecule has 0 spiro atoms. The van der Waals surface area contributed by atoms with E-state index in [9.17, 15) is 27.7 Å². The maximum absolute atomic E-state index is 13.6. The summed E-state index contributed by atoms with van der Waals surface area (Å²) in [5, 5.41) is 18.5. The van der Waals surface area contributed by atoms with E-state index in [1.54, 1.807) is 27.7 Å². The average Bonchev–Trinajstić information content (AvgIpc) is 3.12. The van der Waals surface area contributed by atoms with Gasteiger partial charge in [-0.2, -0.15) is 9.78 Å². The maximum Gasteiger partial charge on any atom is 0.272 e. The Hall–Kier alpha value is -3.84. The maximum atomic E-state index is 13.6. The average molecular weight is 548 g/mol. The van der Waals surface area contributed by atoms with Crippen molar-refractivity contribution in [3.05, 3.63) is 69.7 Å². The van der Waals surface area contributed by atoms with E-state index in [2.05, 4.69) is 15.1 Å². The van der Waals surface area contributed by atoms with Crippen molar-refractivity contribution < 1.29 is 27.3 Å². The number of rotatable bonds is 9. The minimum atomic E-state index is -4.29. The smallest absolute Gasteiger partial charge is 0.272 e. The van der Waals surface area contributed by atoms with Crippen LogP contribution in [-0.4, -0.2) is 41.1 Å². The van der Waals surface area contributed by atoms with Crippen molar-refractivity contribution >= 4 is 21.6 Å². The predicted octanol–water partition coefficient (Wildman–Crippen LogP) is 4.48. The highest BCUT2D eigenvalue weighted by molar-refractivity contribution is 7.89. The molecule has 0 saturated carbocycles. The van der Waals surface area contributed by atoms with Crippen molar-refractivity contribution in [2.75, 3.05) is 6.54 Å². The van der Waals surface area contributed by atoms with Gasteiger partial charge in [0.25, 0.3) is 11.6 Å². The second-order valence-electron chi connectivity index (χ2n) is 10.1. The van der Waals surface area contributed by atoms with E-state index < -0.39 is 42.8 Å². The molecule has 1 amide bonds. The number of hydrogen-bond acceptors (Lipinski definition) is 7. The lowest BCUT2D eigenvalue weighted by Crippen LogP contribution is -2.40. The van der Waals surface area contributed by atoms with Crippen molar-refractivity contribution in [2.45, 2.75) is 52.0 Å². The van der Waals surface area contributed by atoms with E-state index >= 15 is 0 Å². The van der Waals surface area contributed by atoms with E-state index in [1.807, 2.05) is 13.8 Å². The molecule has 0 unspecified atom stereocenters. The summed E-state index contributed by atoms with van der Waals surface area (Å²) in [5.74, 6) is -1.04. The van der Waals surface area contributed by atoms with Crippen LogP contribution in [-0.2, 0) is 10.0 Å². The Kier molecular flexibility index (Phi) is 8.22. The Morgan fingerprint density at radius 1 is 1.18 bits per heavy atom. The Morgan fingerprint density at radius 3 is 2.37 bits per heavy atom. The molecule has 1 aromatic heterocycles. The zero-order valence-corrected chi connectivity index (χ0v) is 22.7. The van der Waals surface area contributed by atoms with Gasteiger partial charge in [0.2, 0.25) is 15.9 Å². The van der Waals surface area contributed by atoms with Crippen LogP contribution in [0, 0.1) is 28.8 Å². The number of carbonyl (C=O) groups is 1. The zero-order valence-electron chi connectivity index (χ0n) is 21.9. The second-order valence-corrected chi connectivity index (χ2v) is 11.8. The fraction of sp³-hybridized carbons (Fsp3) is 0.360. The Morgan fingerprint density at radius 2 is 1.82 bits per heavy atom. The molecule has 0 saturated heterocycles. The van der Waals surface area contributed by atoms with Crippen molar-refractivity contribution in [2.24, 2.45) is 5.92 Å². The molecule has 38 heavy (non-hydrogen) atoms. The van der Waals surface area contributed by atoms with Gasteiger partial charge >= 0.3 is 0 Å². The number of halogens is 1. The molecule has 3 aromatic rings. The first-order chi connectivity index (χ1) is 17.6. The molecule has 3 rings (SSSR count). The van der Waals surface area contributed by atoms with Crippen LogP contribution in [0.2, 0.25) is 0 Å². The zero-order chi connectivity index (χ0) is 28.4. The van der Waals surface area contributed by atoms with Crippen LogP contribution in [0.25, 0.3) is 5.69 Å². The fourth-order valence-corrected chi connectivity index (χ4v) is 4.99. The van der Waals surface area contributed by atoms with Crippen molar-refractivity contribution in [3.63, 3.8) is 0 Å². The topological polar surface area (TPSA) is 145 Å². The molecule has 11 nitrogen and oxygen atoms in total. The fourth-order valence-electron chi connectivity index (χ4n) is 3.42. The minimum absolute atomic E-state index is 0.0177. The summed E-state index contributed by atoms with van der Waals surface area (Å²) >= 11 is 0. The van der Waals surface area contributed by atoms with Gasteiger partial charge in [0.15, 0.2) is 5.69 Å². The lowest BCUT2D eigenvalue weighted by atomic mass is 10.1. The summed E-state index contributed by atoms with van der Waals surface area (Å²) in [5.41, 5.74) is -0.713. The summed E-state index contributed by atoms with van der Waals surface area (Å²) < 4.78 is 49.8. The quantitative estimate of drug-likeness (QED) is 0.297. The van der Waals surface area contributed by atoms with Gasteiger partial charge < -0.3 is 10.1 Å². The number of amides is 1. The standard InChI is InChI=1S/C25H30FN5O6S/c1-15(2)14-27-23(32)22-16(3)24(30(28-22)18-9-7-17(26)8-10-18)37-20-12-11-19(31(33)34)13-21(20)38(35,36)29-25(4,5)6/h7-13,15,29H,14H2,1-6H3,(H,27,32). The molecule has 13 heteroatoms. The molecular weight excluding hydrogens is 517 g/mol. The number of hydrogen-bond donors (Lipinski definition) is 2. The number of carbonyl (C=O) groups excluding carboxylic acids is 1. The first kappa shape index (κ1) is 28.7. The number of nitrogens with one attached hydrogen (secondary N) is 2.